The van der Waals surface area contributed by atoms with E-state index in [1.165, 1.54) is 13.2 Å². The number of rotatable bonds is 7. The molecule has 19 heavy (non-hydrogen) atoms. The van der Waals surface area contributed by atoms with E-state index in [1.807, 2.05) is 0 Å². The molecule has 0 saturated carbocycles. The van der Waals surface area contributed by atoms with Crippen LogP contribution in [0.2, 0.25) is 5.02 Å². The summed E-state index contributed by atoms with van der Waals surface area (Å²) in [5.41, 5.74) is 0.530. The van der Waals surface area contributed by atoms with Crippen LogP contribution in [0.3, 0.4) is 0 Å². The minimum atomic E-state index is -1.05. The molecular formula is C13H15ClO5. The number of carbonyl (C=O) groups is 1. The zero-order valence-electron chi connectivity index (χ0n) is 10.7. The number of aliphatic carboxylic acids is 1. The Morgan fingerprint density at radius 1 is 1.37 bits per heavy atom. The topological polar surface area (TPSA) is 65.0 Å². The summed E-state index contributed by atoms with van der Waals surface area (Å²) >= 11 is 5.94. The molecule has 0 atom stereocenters. The second kappa shape index (κ2) is 7.66. The molecule has 5 nitrogen and oxygen atoms in total. The number of halogens is 1. The first-order valence-corrected chi connectivity index (χ1v) is 5.86. The largest absolute Gasteiger partial charge is 0.493 e. The standard InChI is InChI=1S/C13H15ClO5/c1-17-5-6-19-13-9(3-4-12(15)16)7-10(14)8-11(13)18-2/h3-4,7-8H,5-6H2,1-2H3,(H,15,16)/b4-3+. The molecule has 0 bridgehead atoms. The highest BCUT2D eigenvalue weighted by Gasteiger charge is 2.11. The van der Waals surface area contributed by atoms with Crippen LogP contribution in [-0.4, -0.2) is 38.5 Å². The average Bonchev–Trinajstić information content (AvgIpc) is 2.37. The molecule has 0 aromatic heterocycles. The van der Waals surface area contributed by atoms with E-state index in [0.717, 1.165) is 6.08 Å². The predicted molar refractivity (Wildman–Crippen MR) is 72.0 cm³/mol. The Bertz CT molecular complexity index is 470. The molecule has 0 fully saturated rings. The van der Waals surface area contributed by atoms with Crippen molar-refractivity contribution in [3.05, 3.63) is 28.8 Å². The first-order chi connectivity index (χ1) is 9.08. The van der Waals surface area contributed by atoms with Gasteiger partial charge in [-0.05, 0) is 12.1 Å². The molecule has 0 aliphatic heterocycles. The fourth-order valence-corrected chi connectivity index (χ4v) is 1.62. The molecule has 0 amide bonds. The zero-order chi connectivity index (χ0) is 14.3. The lowest BCUT2D eigenvalue weighted by molar-refractivity contribution is -0.131. The summed E-state index contributed by atoms with van der Waals surface area (Å²) in [5.74, 6) is -0.183. The van der Waals surface area contributed by atoms with Gasteiger partial charge in [0.25, 0.3) is 0 Å². The van der Waals surface area contributed by atoms with E-state index in [9.17, 15) is 4.79 Å². The van der Waals surface area contributed by atoms with E-state index in [-0.39, 0.29) is 0 Å². The maximum atomic E-state index is 10.6. The van der Waals surface area contributed by atoms with Gasteiger partial charge in [0, 0.05) is 29.8 Å². The molecule has 0 saturated heterocycles. The molecule has 0 aliphatic carbocycles. The SMILES string of the molecule is COCCOc1c(/C=C/C(=O)O)cc(Cl)cc1OC. The smallest absolute Gasteiger partial charge is 0.328 e. The van der Waals surface area contributed by atoms with E-state index in [0.29, 0.717) is 35.3 Å². The van der Waals surface area contributed by atoms with Crippen LogP contribution in [0.4, 0.5) is 0 Å². The molecule has 0 aliphatic rings. The van der Waals surface area contributed by atoms with Crippen LogP contribution in [0.25, 0.3) is 6.08 Å². The highest BCUT2D eigenvalue weighted by Crippen LogP contribution is 2.35. The van der Waals surface area contributed by atoms with Gasteiger partial charge in [0.1, 0.15) is 6.61 Å². The van der Waals surface area contributed by atoms with Crippen LogP contribution in [0.15, 0.2) is 18.2 Å². The van der Waals surface area contributed by atoms with Gasteiger partial charge in [-0.15, -0.1) is 0 Å². The van der Waals surface area contributed by atoms with Crippen molar-refractivity contribution in [2.24, 2.45) is 0 Å². The first-order valence-electron chi connectivity index (χ1n) is 5.48. The van der Waals surface area contributed by atoms with Gasteiger partial charge in [-0.3, -0.25) is 0 Å². The van der Waals surface area contributed by atoms with E-state index < -0.39 is 5.97 Å². The third kappa shape index (κ3) is 4.81. The molecular weight excluding hydrogens is 272 g/mol. The Hall–Kier alpha value is -1.72. The molecule has 6 heteroatoms. The van der Waals surface area contributed by atoms with Crippen molar-refractivity contribution in [3.8, 4) is 11.5 Å². The average molecular weight is 287 g/mol. The Kier molecular flexibility index (Phi) is 6.18. The van der Waals surface area contributed by atoms with Crippen LogP contribution in [0.1, 0.15) is 5.56 Å². The van der Waals surface area contributed by atoms with Crippen LogP contribution >= 0.6 is 11.6 Å². The second-order valence-electron chi connectivity index (χ2n) is 3.54. The van der Waals surface area contributed by atoms with Crippen molar-refractivity contribution in [1.82, 2.24) is 0 Å². The second-order valence-corrected chi connectivity index (χ2v) is 3.98. The number of hydrogen-bond donors (Lipinski definition) is 1. The summed E-state index contributed by atoms with van der Waals surface area (Å²) in [7, 11) is 3.05. The Morgan fingerprint density at radius 3 is 2.68 bits per heavy atom. The number of methoxy groups -OCH3 is 2. The summed E-state index contributed by atoms with van der Waals surface area (Å²) in [6.45, 7) is 0.732. The van der Waals surface area contributed by atoms with Crippen molar-refractivity contribution in [1.29, 1.82) is 0 Å². The molecule has 0 unspecified atom stereocenters. The minimum Gasteiger partial charge on any atom is -0.493 e. The molecule has 0 radical (unpaired) electrons. The number of benzene rings is 1. The fourth-order valence-electron chi connectivity index (χ4n) is 1.41. The summed E-state index contributed by atoms with van der Waals surface area (Å²) in [6.07, 6.45) is 2.41. The molecule has 0 spiro atoms. The van der Waals surface area contributed by atoms with Crippen molar-refractivity contribution < 1.29 is 24.1 Å². The van der Waals surface area contributed by atoms with Gasteiger partial charge in [-0.2, -0.15) is 0 Å². The molecule has 1 aromatic rings. The Morgan fingerprint density at radius 2 is 2.11 bits per heavy atom. The van der Waals surface area contributed by atoms with E-state index in [1.54, 1.807) is 19.2 Å². The maximum absolute atomic E-state index is 10.6. The number of hydrogen-bond acceptors (Lipinski definition) is 4. The van der Waals surface area contributed by atoms with Gasteiger partial charge < -0.3 is 19.3 Å². The van der Waals surface area contributed by atoms with Crippen molar-refractivity contribution in [2.75, 3.05) is 27.4 Å². The molecule has 0 heterocycles. The Balaban J connectivity index is 3.09. The van der Waals surface area contributed by atoms with Gasteiger partial charge in [0.15, 0.2) is 11.5 Å². The lowest BCUT2D eigenvalue weighted by atomic mass is 10.1. The zero-order valence-corrected chi connectivity index (χ0v) is 11.4. The quantitative estimate of drug-likeness (QED) is 0.616. The van der Waals surface area contributed by atoms with Crippen molar-refractivity contribution >= 4 is 23.6 Å². The van der Waals surface area contributed by atoms with Gasteiger partial charge in [-0.25, -0.2) is 4.79 Å². The Labute approximate surface area is 116 Å². The van der Waals surface area contributed by atoms with E-state index >= 15 is 0 Å². The summed E-state index contributed by atoms with van der Waals surface area (Å²) < 4.78 is 15.6. The lowest BCUT2D eigenvalue weighted by Crippen LogP contribution is -2.06. The minimum absolute atomic E-state index is 0.322. The van der Waals surface area contributed by atoms with Crippen LogP contribution < -0.4 is 9.47 Å². The van der Waals surface area contributed by atoms with Crippen molar-refractivity contribution in [3.63, 3.8) is 0 Å². The molecule has 1 aromatic carbocycles. The first kappa shape index (κ1) is 15.3. The number of carboxylic acids is 1. The van der Waals surface area contributed by atoms with Crippen LogP contribution in [-0.2, 0) is 9.53 Å². The highest BCUT2D eigenvalue weighted by atomic mass is 35.5. The van der Waals surface area contributed by atoms with Gasteiger partial charge in [0.2, 0.25) is 0 Å². The van der Waals surface area contributed by atoms with Gasteiger partial charge in [-0.1, -0.05) is 11.6 Å². The normalized spacial score (nSPS) is 10.7. The van der Waals surface area contributed by atoms with Gasteiger partial charge >= 0.3 is 5.97 Å². The third-order valence-electron chi connectivity index (χ3n) is 2.21. The fraction of sp³-hybridized carbons (Fsp3) is 0.308. The summed E-state index contributed by atoms with van der Waals surface area (Å²) in [6, 6.07) is 3.20. The number of carboxylic acid groups (broad SMARTS) is 1. The van der Waals surface area contributed by atoms with E-state index in [4.69, 9.17) is 30.9 Å². The summed E-state index contributed by atoms with van der Waals surface area (Å²) in [5, 5.41) is 9.10. The molecule has 1 N–H and O–H groups in total. The molecule has 1 rings (SSSR count). The lowest BCUT2D eigenvalue weighted by Gasteiger charge is -2.13. The number of ether oxygens (including phenoxy) is 3. The summed E-state index contributed by atoms with van der Waals surface area (Å²) in [4.78, 5) is 10.6. The highest BCUT2D eigenvalue weighted by molar-refractivity contribution is 6.31. The van der Waals surface area contributed by atoms with E-state index in [2.05, 4.69) is 0 Å². The van der Waals surface area contributed by atoms with Crippen LogP contribution in [0, 0.1) is 0 Å². The van der Waals surface area contributed by atoms with Crippen molar-refractivity contribution in [2.45, 2.75) is 0 Å². The third-order valence-corrected chi connectivity index (χ3v) is 2.43. The maximum Gasteiger partial charge on any atom is 0.328 e. The van der Waals surface area contributed by atoms with Gasteiger partial charge in [0.05, 0.1) is 13.7 Å². The monoisotopic (exact) mass is 286 g/mol. The predicted octanol–water partition coefficient (Wildman–Crippen LogP) is 2.47. The van der Waals surface area contributed by atoms with Crippen LogP contribution in [0.5, 0.6) is 11.5 Å². The molecule has 104 valence electrons.